The molecule has 1 saturated carbocycles. The van der Waals surface area contributed by atoms with E-state index in [1.165, 1.54) is 41.3 Å². The number of aryl methyl sites for hydroxylation is 1. The predicted octanol–water partition coefficient (Wildman–Crippen LogP) is 4.09. The number of H-pyrrole nitrogens is 1. The van der Waals surface area contributed by atoms with Gasteiger partial charge in [0.1, 0.15) is 0 Å². The van der Waals surface area contributed by atoms with Gasteiger partial charge in [-0.3, -0.25) is 4.99 Å². The van der Waals surface area contributed by atoms with Gasteiger partial charge in [0.2, 0.25) is 0 Å². The lowest BCUT2D eigenvalue weighted by atomic mass is 10.1. The molecule has 1 aliphatic rings. The van der Waals surface area contributed by atoms with E-state index in [4.69, 9.17) is 0 Å². The molecule has 0 aliphatic heterocycles. The van der Waals surface area contributed by atoms with Gasteiger partial charge < -0.3 is 15.6 Å². The summed E-state index contributed by atoms with van der Waals surface area (Å²) < 4.78 is 0. The molecule has 0 radical (unpaired) electrons. The Morgan fingerprint density at radius 2 is 2.20 bits per heavy atom. The van der Waals surface area contributed by atoms with Crippen LogP contribution in [0.1, 0.15) is 30.4 Å². The van der Waals surface area contributed by atoms with Gasteiger partial charge in [0.15, 0.2) is 5.96 Å². The molecule has 0 amide bonds. The van der Waals surface area contributed by atoms with Crippen LogP contribution in [-0.4, -0.2) is 42.1 Å². The number of nitrogens with one attached hydrogen (secondary N) is 3. The van der Waals surface area contributed by atoms with Crippen LogP contribution in [0.5, 0.6) is 0 Å². The van der Waals surface area contributed by atoms with Gasteiger partial charge in [0.25, 0.3) is 0 Å². The quantitative estimate of drug-likeness (QED) is 0.349. The molecule has 2 aromatic rings. The summed E-state index contributed by atoms with van der Waals surface area (Å²) in [6.45, 7) is 3.01. The first-order valence-corrected chi connectivity index (χ1v) is 10.0. The fraction of sp³-hybridized carbons (Fsp3) is 0.526. The van der Waals surface area contributed by atoms with Crippen molar-refractivity contribution in [2.75, 3.05) is 19.8 Å². The molecule has 3 N–H and O–H groups in total. The molecule has 2 unspecified atom stereocenters. The zero-order valence-electron chi connectivity index (χ0n) is 15.3. The molecule has 1 aromatic heterocycles. The minimum absolute atomic E-state index is 0. The number of fused-ring (bicyclic) bond motifs is 1. The number of thioether (sulfide) groups is 1. The Balaban J connectivity index is 0.00000225. The third kappa shape index (κ3) is 5.29. The SMILES string of the molecule is CN=C(NCCc1c[nH]c2cc(C)ccc12)NC1CCC(SC)C1.I. The minimum Gasteiger partial charge on any atom is -0.361 e. The zero-order valence-corrected chi connectivity index (χ0v) is 18.4. The van der Waals surface area contributed by atoms with E-state index >= 15 is 0 Å². The first-order chi connectivity index (χ1) is 11.7. The maximum Gasteiger partial charge on any atom is 0.191 e. The molecule has 0 saturated heterocycles. The molecule has 2 atom stereocenters. The fourth-order valence-corrected chi connectivity index (χ4v) is 4.29. The minimum atomic E-state index is 0. The van der Waals surface area contributed by atoms with Crippen molar-refractivity contribution in [2.45, 2.75) is 43.9 Å². The molecule has 0 bridgehead atoms. The summed E-state index contributed by atoms with van der Waals surface area (Å²) in [4.78, 5) is 7.75. The second-order valence-electron chi connectivity index (χ2n) is 6.62. The second kappa shape index (κ2) is 9.71. The Kier molecular flexibility index (Phi) is 7.93. The van der Waals surface area contributed by atoms with Gasteiger partial charge in [-0.1, -0.05) is 12.1 Å². The lowest BCUT2D eigenvalue weighted by molar-refractivity contribution is 0.615. The van der Waals surface area contributed by atoms with Gasteiger partial charge in [-0.25, -0.2) is 0 Å². The average molecular weight is 472 g/mol. The van der Waals surface area contributed by atoms with E-state index in [1.807, 2.05) is 18.8 Å². The lowest BCUT2D eigenvalue weighted by Crippen LogP contribution is -2.43. The van der Waals surface area contributed by atoms with Crippen LogP contribution in [0.15, 0.2) is 29.4 Å². The van der Waals surface area contributed by atoms with Gasteiger partial charge in [-0.2, -0.15) is 11.8 Å². The van der Waals surface area contributed by atoms with E-state index in [1.54, 1.807) is 0 Å². The summed E-state index contributed by atoms with van der Waals surface area (Å²) in [6.07, 6.45) is 9.12. The Morgan fingerprint density at radius 3 is 2.92 bits per heavy atom. The molecule has 0 spiro atoms. The summed E-state index contributed by atoms with van der Waals surface area (Å²) in [5.41, 5.74) is 3.87. The van der Waals surface area contributed by atoms with Gasteiger partial charge in [-0.15, -0.1) is 24.0 Å². The molecule has 25 heavy (non-hydrogen) atoms. The summed E-state index contributed by atoms with van der Waals surface area (Å²) in [6, 6.07) is 7.15. The lowest BCUT2D eigenvalue weighted by Gasteiger charge is -2.17. The number of guanidine groups is 1. The monoisotopic (exact) mass is 472 g/mol. The fourth-order valence-electron chi connectivity index (χ4n) is 3.50. The summed E-state index contributed by atoms with van der Waals surface area (Å²) in [5.74, 6) is 0.928. The van der Waals surface area contributed by atoms with Gasteiger partial charge in [0.05, 0.1) is 0 Å². The highest BCUT2D eigenvalue weighted by molar-refractivity contribution is 14.0. The first-order valence-electron chi connectivity index (χ1n) is 8.76. The third-order valence-electron chi connectivity index (χ3n) is 4.89. The number of aromatic nitrogens is 1. The van der Waals surface area contributed by atoms with Crippen molar-refractivity contribution >= 4 is 52.6 Å². The normalized spacial score (nSPS) is 20.5. The van der Waals surface area contributed by atoms with Crippen molar-refractivity contribution < 1.29 is 0 Å². The molecule has 138 valence electrons. The highest BCUT2D eigenvalue weighted by Crippen LogP contribution is 2.28. The molecule has 1 aliphatic carbocycles. The van der Waals surface area contributed by atoms with E-state index < -0.39 is 0 Å². The van der Waals surface area contributed by atoms with Crippen LogP contribution in [0.2, 0.25) is 0 Å². The Morgan fingerprint density at radius 1 is 1.36 bits per heavy atom. The average Bonchev–Trinajstić information content (AvgIpc) is 3.20. The van der Waals surface area contributed by atoms with Crippen LogP contribution < -0.4 is 10.6 Å². The number of hydrogen-bond donors (Lipinski definition) is 3. The number of nitrogens with zero attached hydrogens (tertiary/aromatic N) is 1. The molecule has 1 heterocycles. The van der Waals surface area contributed by atoms with Gasteiger partial charge in [-0.05, 0) is 56.1 Å². The molecule has 1 aromatic carbocycles. The maximum absolute atomic E-state index is 4.37. The molecule has 6 heteroatoms. The molecular weight excluding hydrogens is 443 g/mol. The Labute approximate surface area is 172 Å². The molecule has 3 rings (SSSR count). The smallest absolute Gasteiger partial charge is 0.191 e. The highest BCUT2D eigenvalue weighted by atomic mass is 127. The Hall–Kier alpha value is -0.890. The van der Waals surface area contributed by atoms with Crippen molar-refractivity contribution in [2.24, 2.45) is 4.99 Å². The molecule has 4 nitrogen and oxygen atoms in total. The van der Waals surface area contributed by atoms with Crippen molar-refractivity contribution in [3.8, 4) is 0 Å². The van der Waals surface area contributed by atoms with Crippen LogP contribution >= 0.6 is 35.7 Å². The first kappa shape index (κ1) is 20.4. The van der Waals surface area contributed by atoms with Gasteiger partial charge >= 0.3 is 0 Å². The van der Waals surface area contributed by atoms with Crippen LogP contribution in [-0.2, 0) is 6.42 Å². The van der Waals surface area contributed by atoms with E-state index in [0.29, 0.717) is 6.04 Å². The summed E-state index contributed by atoms with van der Waals surface area (Å²) >= 11 is 1.99. The number of aliphatic imine (C=N–C) groups is 1. The highest BCUT2D eigenvalue weighted by Gasteiger charge is 2.24. The Bertz CT molecular complexity index is 713. The number of hydrogen-bond acceptors (Lipinski definition) is 2. The van der Waals surface area contributed by atoms with Crippen LogP contribution in [0.4, 0.5) is 0 Å². The largest absolute Gasteiger partial charge is 0.361 e. The number of aromatic amines is 1. The standard InChI is InChI=1S/C19H28N4S.HI/c1-13-4-7-17-14(12-22-18(17)10-13)8-9-21-19(20-2)23-15-5-6-16(11-15)24-3;/h4,7,10,12,15-16,22H,5-6,8-9,11H2,1-3H3,(H2,20,21,23);1H. The third-order valence-corrected chi connectivity index (χ3v) is 5.99. The van der Waals surface area contributed by atoms with E-state index in [-0.39, 0.29) is 24.0 Å². The van der Waals surface area contributed by atoms with Crippen LogP contribution in [0, 0.1) is 6.92 Å². The van der Waals surface area contributed by atoms with E-state index in [0.717, 1.165) is 24.2 Å². The van der Waals surface area contributed by atoms with Crippen LogP contribution in [0.3, 0.4) is 0 Å². The van der Waals surface area contributed by atoms with Crippen molar-refractivity contribution in [1.29, 1.82) is 0 Å². The van der Waals surface area contributed by atoms with Crippen LogP contribution in [0.25, 0.3) is 10.9 Å². The maximum atomic E-state index is 4.37. The predicted molar refractivity (Wildman–Crippen MR) is 122 cm³/mol. The molecular formula is C19H29IN4S. The van der Waals surface area contributed by atoms with Crippen molar-refractivity contribution in [3.63, 3.8) is 0 Å². The van der Waals surface area contributed by atoms with Gasteiger partial charge in [0, 0.05) is 42.0 Å². The summed E-state index contributed by atoms with van der Waals surface area (Å²) in [5, 5.41) is 9.16. The topological polar surface area (TPSA) is 52.2 Å². The number of halogens is 1. The molecule has 1 fully saturated rings. The van der Waals surface area contributed by atoms with Crippen molar-refractivity contribution in [1.82, 2.24) is 15.6 Å². The number of rotatable bonds is 5. The second-order valence-corrected chi connectivity index (χ2v) is 7.76. The zero-order chi connectivity index (χ0) is 16.9. The van der Waals surface area contributed by atoms with E-state index in [2.05, 4.69) is 58.2 Å². The van der Waals surface area contributed by atoms with E-state index in [9.17, 15) is 0 Å². The summed E-state index contributed by atoms with van der Waals surface area (Å²) in [7, 11) is 1.85. The van der Waals surface area contributed by atoms with Crippen molar-refractivity contribution in [3.05, 3.63) is 35.5 Å². The number of benzene rings is 1.